The molecule has 34 heavy (non-hydrogen) atoms. The van der Waals surface area contributed by atoms with E-state index in [0.29, 0.717) is 38.4 Å². The Kier molecular flexibility index (Phi) is 7.48. The van der Waals surface area contributed by atoms with Gasteiger partial charge in [0, 0.05) is 45.0 Å². The van der Waals surface area contributed by atoms with Crippen molar-refractivity contribution in [1.82, 2.24) is 9.21 Å². The first-order valence-corrected chi connectivity index (χ1v) is 13.6. The van der Waals surface area contributed by atoms with Crippen molar-refractivity contribution >= 4 is 21.6 Å². The maximum atomic E-state index is 13.3. The number of hydrogen-bond donors (Lipinski definition) is 0. The van der Waals surface area contributed by atoms with Crippen LogP contribution in [-0.2, 0) is 14.8 Å². The van der Waals surface area contributed by atoms with Gasteiger partial charge in [-0.15, -0.1) is 0 Å². The molecule has 0 unspecified atom stereocenters. The summed E-state index contributed by atoms with van der Waals surface area (Å²) in [6.45, 7) is 10.3. The van der Waals surface area contributed by atoms with E-state index in [9.17, 15) is 13.2 Å². The van der Waals surface area contributed by atoms with Gasteiger partial charge in [-0.2, -0.15) is 4.31 Å². The molecule has 0 spiro atoms. The van der Waals surface area contributed by atoms with Gasteiger partial charge in [0.2, 0.25) is 15.9 Å². The molecule has 4 rings (SSSR count). The van der Waals surface area contributed by atoms with E-state index in [-0.39, 0.29) is 23.3 Å². The molecule has 2 heterocycles. The zero-order valence-corrected chi connectivity index (χ0v) is 21.2. The standard InChI is InChI=1S/C26H35N3O4S/c1-4-33-23-10-12-24(13-11-23)34(31,32)29-14-6-8-22(19-29)26(30)28-17-15-27(16-18-28)25-9-5-7-20(2)21(25)3/h5,7,9-13,22H,4,6,8,14-19H2,1-3H3/t22-/m0/s1. The molecule has 0 N–H and O–H groups in total. The molecule has 1 atom stereocenters. The molecule has 2 aromatic carbocycles. The molecule has 2 fully saturated rings. The molecule has 7 nitrogen and oxygen atoms in total. The first-order valence-electron chi connectivity index (χ1n) is 12.1. The van der Waals surface area contributed by atoms with Gasteiger partial charge in [0.25, 0.3) is 0 Å². The quantitative estimate of drug-likeness (QED) is 0.627. The largest absolute Gasteiger partial charge is 0.494 e. The number of benzene rings is 2. The van der Waals surface area contributed by atoms with Crippen LogP contribution in [-0.4, -0.2) is 69.4 Å². The van der Waals surface area contributed by atoms with Crippen molar-refractivity contribution in [3.8, 4) is 5.75 Å². The highest BCUT2D eigenvalue weighted by atomic mass is 32.2. The van der Waals surface area contributed by atoms with Gasteiger partial charge in [0.05, 0.1) is 17.4 Å². The molecule has 0 aliphatic carbocycles. The lowest BCUT2D eigenvalue weighted by molar-refractivity contribution is -0.137. The number of rotatable bonds is 6. The van der Waals surface area contributed by atoms with E-state index in [1.165, 1.54) is 21.1 Å². The molecule has 2 saturated heterocycles. The fourth-order valence-electron chi connectivity index (χ4n) is 4.89. The van der Waals surface area contributed by atoms with Gasteiger partial charge in [-0.1, -0.05) is 12.1 Å². The van der Waals surface area contributed by atoms with Gasteiger partial charge in [-0.3, -0.25) is 4.79 Å². The van der Waals surface area contributed by atoms with Crippen molar-refractivity contribution in [1.29, 1.82) is 0 Å². The first-order chi connectivity index (χ1) is 16.3. The third-order valence-electron chi connectivity index (χ3n) is 7.01. The van der Waals surface area contributed by atoms with Crippen LogP contribution in [0.2, 0.25) is 0 Å². The highest BCUT2D eigenvalue weighted by Crippen LogP contribution is 2.28. The molecule has 184 valence electrons. The minimum Gasteiger partial charge on any atom is -0.494 e. The Balaban J connectivity index is 1.38. The van der Waals surface area contributed by atoms with Gasteiger partial charge in [-0.05, 0) is 75.1 Å². The number of piperazine rings is 1. The van der Waals surface area contributed by atoms with Crippen LogP contribution in [0.15, 0.2) is 47.4 Å². The first kappa shape index (κ1) is 24.5. The zero-order valence-electron chi connectivity index (χ0n) is 20.4. The maximum absolute atomic E-state index is 13.3. The molecule has 2 aromatic rings. The summed E-state index contributed by atoms with van der Waals surface area (Å²) in [6.07, 6.45) is 1.42. The smallest absolute Gasteiger partial charge is 0.243 e. The lowest BCUT2D eigenvalue weighted by atomic mass is 9.97. The highest BCUT2D eigenvalue weighted by molar-refractivity contribution is 7.89. The molecular weight excluding hydrogens is 450 g/mol. The molecule has 2 aliphatic rings. The Morgan fingerprint density at radius 1 is 1.00 bits per heavy atom. The van der Waals surface area contributed by atoms with Gasteiger partial charge in [-0.25, -0.2) is 8.42 Å². The summed E-state index contributed by atoms with van der Waals surface area (Å²) in [5.74, 6) is 0.429. The molecule has 8 heteroatoms. The van der Waals surface area contributed by atoms with Crippen LogP contribution in [0.1, 0.15) is 30.9 Å². The Morgan fingerprint density at radius 2 is 1.71 bits per heavy atom. The second-order valence-electron chi connectivity index (χ2n) is 9.14. The molecule has 0 bridgehead atoms. The maximum Gasteiger partial charge on any atom is 0.243 e. The number of hydrogen-bond acceptors (Lipinski definition) is 5. The van der Waals surface area contributed by atoms with Crippen molar-refractivity contribution < 1.29 is 17.9 Å². The van der Waals surface area contributed by atoms with E-state index in [0.717, 1.165) is 19.5 Å². The van der Waals surface area contributed by atoms with Crippen LogP contribution in [0.4, 0.5) is 5.69 Å². The summed E-state index contributed by atoms with van der Waals surface area (Å²) < 4.78 is 33.3. The SMILES string of the molecule is CCOc1ccc(S(=O)(=O)N2CCC[C@H](C(=O)N3CCN(c4cccc(C)c4C)CC3)C2)cc1. The molecule has 0 aromatic heterocycles. The van der Waals surface area contributed by atoms with E-state index in [1.54, 1.807) is 24.3 Å². The number of amides is 1. The third kappa shape index (κ3) is 5.08. The zero-order chi connectivity index (χ0) is 24.3. The fraction of sp³-hybridized carbons (Fsp3) is 0.500. The summed E-state index contributed by atoms with van der Waals surface area (Å²) >= 11 is 0. The molecular formula is C26H35N3O4S. The minimum atomic E-state index is -3.65. The van der Waals surface area contributed by atoms with Crippen LogP contribution in [0.25, 0.3) is 0 Å². The van der Waals surface area contributed by atoms with Crippen LogP contribution in [0, 0.1) is 19.8 Å². The normalized spacial score (nSPS) is 19.8. The van der Waals surface area contributed by atoms with Crippen LogP contribution < -0.4 is 9.64 Å². The van der Waals surface area contributed by atoms with Crippen LogP contribution in [0.3, 0.4) is 0 Å². The van der Waals surface area contributed by atoms with Crippen molar-refractivity contribution in [2.75, 3.05) is 50.8 Å². The third-order valence-corrected chi connectivity index (χ3v) is 8.89. The van der Waals surface area contributed by atoms with Crippen molar-refractivity contribution in [3.05, 3.63) is 53.6 Å². The lowest BCUT2D eigenvalue weighted by Gasteiger charge is -2.40. The second-order valence-corrected chi connectivity index (χ2v) is 11.1. The Morgan fingerprint density at radius 3 is 2.38 bits per heavy atom. The Bertz CT molecular complexity index is 1110. The number of carbonyl (C=O) groups excluding carboxylic acids is 1. The second kappa shape index (κ2) is 10.4. The summed E-state index contributed by atoms with van der Waals surface area (Å²) in [7, 11) is -3.65. The average molecular weight is 486 g/mol. The number of piperidine rings is 1. The predicted octanol–water partition coefficient (Wildman–Crippen LogP) is 3.45. The lowest BCUT2D eigenvalue weighted by Crippen LogP contribution is -2.53. The van der Waals surface area contributed by atoms with Crippen LogP contribution >= 0.6 is 0 Å². The summed E-state index contributed by atoms with van der Waals surface area (Å²) in [5.41, 5.74) is 3.79. The van der Waals surface area contributed by atoms with Crippen molar-refractivity contribution in [2.45, 2.75) is 38.5 Å². The van der Waals surface area contributed by atoms with Crippen LogP contribution in [0.5, 0.6) is 5.75 Å². The van der Waals surface area contributed by atoms with E-state index in [4.69, 9.17) is 4.74 Å². The van der Waals surface area contributed by atoms with E-state index in [2.05, 4.69) is 36.9 Å². The Hall–Kier alpha value is -2.58. The van der Waals surface area contributed by atoms with Gasteiger partial charge in [0.15, 0.2) is 0 Å². The number of anilines is 1. The predicted molar refractivity (Wildman–Crippen MR) is 134 cm³/mol. The van der Waals surface area contributed by atoms with E-state index >= 15 is 0 Å². The van der Waals surface area contributed by atoms with Crippen molar-refractivity contribution in [2.24, 2.45) is 5.92 Å². The van der Waals surface area contributed by atoms with Crippen molar-refractivity contribution in [3.63, 3.8) is 0 Å². The summed E-state index contributed by atoms with van der Waals surface area (Å²) in [4.78, 5) is 17.8. The van der Waals surface area contributed by atoms with E-state index in [1.807, 2.05) is 11.8 Å². The number of aryl methyl sites for hydroxylation is 1. The highest BCUT2D eigenvalue weighted by Gasteiger charge is 2.36. The summed E-state index contributed by atoms with van der Waals surface area (Å²) in [6, 6.07) is 12.9. The Labute approximate surface area is 203 Å². The molecule has 0 saturated carbocycles. The molecule has 0 radical (unpaired) electrons. The number of carbonyl (C=O) groups is 1. The number of ether oxygens (including phenoxy) is 1. The summed E-state index contributed by atoms with van der Waals surface area (Å²) in [5, 5.41) is 0. The topological polar surface area (TPSA) is 70.2 Å². The van der Waals surface area contributed by atoms with E-state index < -0.39 is 10.0 Å². The van der Waals surface area contributed by atoms with Gasteiger partial charge < -0.3 is 14.5 Å². The minimum absolute atomic E-state index is 0.0761. The molecule has 1 amide bonds. The average Bonchev–Trinajstić information content (AvgIpc) is 2.86. The van der Waals surface area contributed by atoms with Gasteiger partial charge in [0.1, 0.15) is 5.75 Å². The number of sulfonamides is 1. The molecule has 2 aliphatic heterocycles. The fourth-order valence-corrected chi connectivity index (χ4v) is 6.41. The number of nitrogens with zero attached hydrogens (tertiary/aromatic N) is 3. The monoisotopic (exact) mass is 485 g/mol. The van der Waals surface area contributed by atoms with Gasteiger partial charge >= 0.3 is 0 Å².